The number of esters is 1. The summed E-state index contributed by atoms with van der Waals surface area (Å²) in [6, 6.07) is 6.39. The first kappa shape index (κ1) is 15.0. The molecule has 0 spiro atoms. The molecule has 1 aliphatic rings. The van der Waals surface area contributed by atoms with Gasteiger partial charge in [0.2, 0.25) is 0 Å². The van der Waals surface area contributed by atoms with E-state index in [9.17, 15) is 9.90 Å². The molecule has 1 aromatic rings. The number of hydrogen-bond donors (Lipinski definition) is 1. The number of hydrogen-bond acceptors (Lipinski definition) is 3. The van der Waals surface area contributed by atoms with Gasteiger partial charge >= 0.3 is 5.97 Å². The van der Waals surface area contributed by atoms with E-state index in [2.05, 4.69) is 32.0 Å². The molecule has 0 heterocycles. The van der Waals surface area contributed by atoms with Crippen molar-refractivity contribution in [3.63, 3.8) is 0 Å². The summed E-state index contributed by atoms with van der Waals surface area (Å²) < 4.78 is 4.92. The standard InChI is InChI=1S/C16H22O3Si/c1-10-5-4-6-13(11(10)2)20-14-8-7-12(9-17)15(14)16(18)19-3/h4-7,14-15,17H,8-9,20H2,1-3H3/t14-,15-/m0/s1. The van der Waals surface area contributed by atoms with Crippen LogP contribution < -0.4 is 5.19 Å². The molecule has 1 N–H and O–H groups in total. The molecule has 2 atom stereocenters. The van der Waals surface area contributed by atoms with Gasteiger partial charge in [0.15, 0.2) is 0 Å². The van der Waals surface area contributed by atoms with Crippen LogP contribution in [-0.2, 0) is 9.53 Å². The van der Waals surface area contributed by atoms with Crippen LogP contribution in [-0.4, -0.2) is 34.3 Å². The number of allylic oxidation sites excluding steroid dienone is 1. The molecular weight excluding hydrogens is 268 g/mol. The molecule has 0 radical (unpaired) electrons. The Bertz CT molecular complexity index is 537. The van der Waals surface area contributed by atoms with Gasteiger partial charge in [0.05, 0.1) is 29.2 Å². The number of aryl methyl sites for hydroxylation is 1. The lowest BCUT2D eigenvalue weighted by molar-refractivity contribution is -0.144. The van der Waals surface area contributed by atoms with Crippen molar-refractivity contribution in [3.05, 3.63) is 41.0 Å². The molecule has 1 aliphatic carbocycles. The zero-order chi connectivity index (χ0) is 14.7. The maximum absolute atomic E-state index is 12.0. The maximum atomic E-state index is 12.0. The van der Waals surface area contributed by atoms with Gasteiger partial charge < -0.3 is 9.84 Å². The molecule has 20 heavy (non-hydrogen) atoms. The summed E-state index contributed by atoms with van der Waals surface area (Å²) in [5, 5.41) is 10.8. The zero-order valence-electron chi connectivity index (χ0n) is 12.3. The predicted molar refractivity (Wildman–Crippen MR) is 83.1 cm³/mol. The van der Waals surface area contributed by atoms with E-state index in [1.54, 1.807) is 0 Å². The number of ether oxygens (including phenoxy) is 1. The van der Waals surface area contributed by atoms with Crippen molar-refractivity contribution in [3.8, 4) is 0 Å². The second-order valence-corrected chi connectivity index (χ2v) is 7.72. The van der Waals surface area contributed by atoms with E-state index in [0.29, 0.717) is 5.54 Å². The Morgan fingerprint density at radius 1 is 1.45 bits per heavy atom. The Hall–Kier alpha value is -1.39. The summed E-state index contributed by atoms with van der Waals surface area (Å²) in [7, 11) is 0.833. The molecule has 0 aliphatic heterocycles. The lowest BCUT2D eigenvalue weighted by atomic mass is 10.0. The van der Waals surface area contributed by atoms with Gasteiger partial charge in [0.25, 0.3) is 0 Å². The van der Waals surface area contributed by atoms with E-state index >= 15 is 0 Å². The fraction of sp³-hybridized carbons (Fsp3) is 0.438. The Kier molecular flexibility index (Phi) is 4.78. The van der Waals surface area contributed by atoms with Gasteiger partial charge in [-0.3, -0.25) is 4.79 Å². The third-order valence-electron chi connectivity index (χ3n) is 4.39. The van der Waals surface area contributed by atoms with Crippen LogP contribution in [0.3, 0.4) is 0 Å². The second kappa shape index (κ2) is 6.37. The van der Waals surface area contributed by atoms with E-state index in [1.807, 2.05) is 6.08 Å². The summed E-state index contributed by atoms with van der Waals surface area (Å²) in [5.41, 5.74) is 3.81. The highest BCUT2D eigenvalue weighted by Crippen LogP contribution is 2.36. The normalized spacial score (nSPS) is 22.3. The second-order valence-electron chi connectivity index (χ2n) is 5.50. The van der Waals surface area contributed by atoms with Crippen molar-refractivity contribution in [1.29, 1.82) is 0 Å². The maximum Gasteiger partial charge on any atom is 0.312 e. The minimum atomic E-state index is -0.590. The molecule has 0 bridgehead atoms. The Balaban J connectivity index is 2.21. The van der Waals surface area contributed by atoms with E-state index in [1.165, 1.54) is 23.4 Å². The van der Waals surface area contributed by atoms with Crippen LogP contribution in [0.2, 0.25) is 5.54 Å². The molecule has 0 aromatic heterocycles. The number of carbonyl (C=O) groups is 1. The van der Waals surface area contributed by atoms with Gasteiger partial charge in [0, 0.05) is 0 Å². The summed E-state index contributed by atoms with van der Waals surface area (Å²) in [4.78, 5) is 12.0. The van der Waals surface area contributed by atoms with E-state index < -0.39 is 9.52 Å². The first-order valence-corrected chi connectivity index (χ1v) is 8.53. The van der Waals surface area contributed by atoms with Crippen molar-refractivity contribution >= 4 is 20.7 Å². The van der Waals surface area contributed by atoms with Gasteiger partial charge in [0.1, 0.15) is 0 Å². The highest BCUT2D eigenvalue weighted by molar-refractivity contribution is 6.56. The molecule has 0 fully saturated rings. The fourth-order valence-corrected chi connectivity index (χ4v) is 5.51. The third kappa shape index (κ3) is 2.86. The molecule has 4 heteroatoms. The molecule has 2 rings (SSSR count). The Morgan fingerprint density at radius 3 is 2.85 bits per heavy atom. The quantitative estimate of drug-likeness (QED) is 0.511. The number of methoxy groups -OCH3 is 1. The van der Waals surface area contributed by atoms with Gasteiger partial charge in [-0.2, -0.15) is 0 Å². The summed E-state index contributed by atoms with van der Waals surface area (Å²) >= 11 is 0. The average Bonchev–Trinajstić information content (AvgIpc) is 2.86. The van der Waals surface area contributed by atoms with Gasteiger partial charge in [-0.1, -0.05) is 29.5 Å². The van der Waals surface area contributed by atoms with E-state index in [0.717, 1.165) is 12.0 Å². The van der Waals surface area contributed by atoms with Crippen molar-refractivity contribution in [2.24, 2.45) is 5.92 Å². The van der Waals surface area contributed by atoms with Gasteiger partial charge in [-0.25, -0.2) is 0 Å². The lowest BCUT2D eigenvalue weighted by Gasteiger charge is -2.21. The van der Waals surface area contributed by atoms with Crippen LogP contribution in [0.15, 0.2) is 29.8 Å². The molecule has 0 saturated carbocycles. The van der Waals surface area contributed by atoms with Crippen LogP contribution >= 0.6 is 0 Å². The van der Waals surface area contributed by atoms with Crippen molar-refractivity contribution < 1.29 is 14.6 Å². The Labute approximate surface area is 122 Å². The number of aliphatic hydroxyl groups is 1. The van der Waals surface area contributed by atoms with Crippen molar-refractivity contribution in [1.82, 2.24) is 0 Å². The number of aliphatic hydroxyl groups excluding tert-OH is 1. The van der Waals surface area contributed by atoms with Crippen molar-refractivity contribution in [2.45, 2.75) is 25.8 Å². The predicted octanol–water partition coefficient (Wildman–Crippen LogP) is 0.998. The zero-order valence-corrected chi connectivity index (χ0v) is 13.8. The van der Waals surface area contributed by atoms with Gasteiger partial charge in [-0.15, -0.1) is 0 Å². The van der Waals surface area contributed by atoms with E-state index in [-0.39, 0.29) is 18.5 Å². The molecule has 1 aromatic carbocycles. The Morgan fingerprint density at radius 2 is 2.20 bits per heavy atom. The van der Waals surface area contributed by atoms with Crippen LogP contribution in [0.4, 0.5) is 0 Å². The fourth-order valence-electron chi connectivity index (χ4n) is 3.02. The number of benzene rings is 1. The summed E-state index contributed by atoms with van der Waals surface area (Å²) in [6.07, 6.45) is 2.90. The average molecular weight is 290 g/mol. The summed E-state index contributed by atoms with van der Waals surface area (Å²) in [5.74, 6) is -0.442. The molecular formula is C16H22O3Si. The highest BCUT2D eigenvalue weighted by atomic mass is 28.2. The summed E-state index contributed by atoms with van der Waals surface area (Å²) in [6.45, 7) is 4.23. The number of rotatable bonds is 4. The number of carbonyl (C=O) groups excluding carboxylic acids is 1. The SMILES string of the molecule is COC(=O)[C@H]1C(CO)=CC[C@@H]1[SiH2]c1cccc(C)c1C. The lowest BCUT2D eigenvalue weighted by Crippen LogP contribution is -2.30. The largest absolute Gasteiger partial charge is 0.469 e. The van der Waals surface area contributed by atoms with Crippen LogP contribution in [0.25, 0.3) is 0 Å². The molecule has 3 nitrogen and oxygen atoms in total. The monoisotopic (exact) mass is 290 g/mol. The minimum absolute atomic E-state index is 0.0442. The van der Waals surface area contributed by atoms with Crippen molar-refractivity contribution in [2.75, 3.05) is 13.7 Å². The van der Waals surface area contributed by atoms with Crippen LogP contribution in [0.1, 0.15) is 17.5 Å². The molecule has 0 amide bonds. The minimum Gasteiger partial charge on any atom is -0.469 e. The third-order valence-corrected chi connectivity index (χ3v) is 6.93. The van der Waals surface area contributed by atoms with Crippen LogP contribution in [0.5, 0.6) is 0 Å². The first-order chi connectivity index (χ1) is 9.58. The smallest absolute Gasteiger partial charge is 0.312 e. The topological polar surface area (TPSA) is 46.5 Å². The highest BCUT2D eigenvalue weighted by Gasteiger charge is 2.36. The van der Waals surface area contributed by atoms with E-state index in [4.69, 9.17) is 4.74 Å². The molecule has 0 unspecified atom stereocenters. The molecule has 108 valence electrons. The van der Waals surface area contributed by atoms with Crippen LogP contribution in [0, 0.1) is 19.8 Å². The van der Waals surface area contributed by atoms with Gasteiger partial charge in [-0.05, 0) is 42.5 Å². The first-order valence-electron chi connectivity index (χ1n) is 7.01. The molecule has 0 saturated heterocycles.